The van der Waals surface area contributed by atoms with Crippen LogP contribution in [-0.2, 0) is 28.6 Å². The summed E-state index contributed by atoms with van der Waals surface area (Å²) >= 11 is 0. The SMILES string of the molecule is CC/C=C\C/C=C\C/C=C\C/C=C\C/C=C\C/C=C\C/C=C\CCCCCC(=O)OCC(COC(=O)CCCC/C=C\C/C=C\C/C=C\C/C=C\CC)OC(=O)CCCCCCCC/C=C\C/C=C\C/C=C\CCCCC. The minimum absolute atomic E-state index is 0.123. The minimum Gasteiger partial charge on any atom is -0.462 e. The number of carbonyl (C=O) groups excluding carboxylic acids is 3. The van der Waals surface area contributed by atoms with Gasteiger partial charge in [-0.3, -0.25) is 14.4 Å². The number of unbranched alkanes of at least 4 members (excludes halogenated alkanes) is 14. The van der Waals surface area contributed by atoms with Gasteiger partial charge in [0.25, 0.3) is 0 Å². The smallest absolute Gasteiger partial charge is 0.306 e. The molecule has 0 saturated heterocycles. The van der Waals surface area contributed by atoms with Crippen LogP contribution in [0.25, 0.3) is 0 Å². The number of hydrogen-bond donors (Lipinski definition) is 0. The molecule has 0 aliphatic heterocycles. The maximum absolute atomic E-state index is 12.9. The summed E-state index contributed by atoms with van der Waals surface area (Å²) < 4.78 is 16.8. The Hall–Kier alpha value is -5.23. The van der Waals surface area contributed by atoms with E-state index in [9.17, 15) is 14.4 Å². The van der Waals surface area contributed by atoms with Crippen molar-refractivity contribution in [3.63, 3.8) is 0 Å². The lowest BCUT2D eigenvalue weighted by molar-refractivity contribution is -0.167. The third kappa shape index (κ3) is 61.5. The number of esters is 3. The van der Waals surface area contributed by atoms with Crippen molar-refractivity contribution in [3.05, 3.63) is 170 Å². The second-order valence-electron chi connectivity index (χ2n) is 19.5. The van der Waals surface area contributed by atoms with Gasteiger partial charge in [0.05, 0.1) is 0 Å². The van der Waals surface area contributed by atoms with E-state index in [0.29, 0.717) is 12.8 Å². The molecule has 430 valence electrons. The molecule has 0 radical (unpaired) electrons. The molecule has 0 bridgehead atoms. The summed E-state index contributed by atoms with van der Waals surface area (Å²) in [5.74, 6) is -1.01. The molecule has 6 nitrogen and oxygen atoms in total. The van der Waals surface area contributed by atoms with Gasteiger partial charge in [-0.25, -0.2) is 0 Å². The largest absolute Gasteiger partial charge is 0.462 e. The van der Waals surface area contributed by atoms with Crippen molar-refractivity contribution >= 4 is 17.9 Å². The average Bonchev–Trinajstić information content (AvgIpc) is 3.43. The van der Waals surface area contributed by atoms with Crippen molar-refractivity contribution in [3.8, 4) is 0 Å². The van der Waals surface area contributed by atoms with E-state index in [1.54, 1.807) is 0 Å². The fourth-order valence-corrected chi connectivity index (χ4v) is 7.65. The summed E-state index contributed by atoms with van der Waals surface area (Å²) in [5.41, 5.74) is 0. The molecule has 1 atom stereocenters. The molecular weight excluding hydrogens is 949 g/mol. The van der Waals surface area contributed by atoms with Gasteiger partial charge in [0.1, 0.15) is 13.2 Å². The Labute approximate surface area is 472 Å². The molecule has 77 heavy (non-hydrogen) atoms. The first-order valence-corrected chi connectivity index (χ1v) is 30.6. The summed E-state index contributed by atoms with van der Waals surface area (Å²) in [7, 11) is 0. The van der Waals surface area contributed by atoms with Crippen molar-refractivity contribution in [1.29, 1.82) is 0 Å². The lowest BCUT2D eigenvalue weighted by Crippen LogP contribution is -2.30. The molecule has 0 spiro atoms. The van der Waals surface area contributed by atoms with Gasteiger partial charge in [0.2, 0.25) is 0 Å². The molecule has 0 aromatic carbocycles. The Balaban J connectivity index is 4.55. The van der Waals surface area contributed by atoms with Gasteiger partial charge in [0, 0.05) is 19.3 Å². The molecule has 0 heterocycles. The summed E-state index contributed by atoms with van der Waals surface area (Å²) in [5, 5.41) is 0. The Bertz CT molecular complexity index is 1790. The standard InChI is InChI=1S/C71H110O6/c1-4-7-10-13-16-19-22-25-28-30-32-33-34-35-36-37-39-40-43-46-49-52-55-58-61-64-70(73)76-67-68(66-75-69(72)63-60-57-54-51-48-45-42-27-24-21-18-15-12-9-6-3)77-71(74)65-62-59-56-53-50-47-44-41-38-31-29-26-23-20-17-14-11-8-5-2/h7,9-10,12,16-21,25-29,32-33,35-36,38-42,46,48-49,51,68H,4-6,8,11,13-15,22-24,30-31,34,37,43-45,47,50,52-67H2,1-3H3/b10-7-,12-9-,19-16-,20-17-,21-18-,28-25-,29-26-,33-32-,36-35-,40-39-,41-38-,42-27-,49-46-,51-48-. The van der Waals surface area contributed by atoms with Crippen molar-refractivity contribution in [1.82, 2.24) is 0 Å². The number of carbonyl (C=O) groups is 3. The van der Waals surface area contributed by atoms with Crippen LogP contribution in [0.5, 0.6) is 0 Å². The molecule has 0 aliphatic rings. The van der Waals surface area contributed by atoms with Crippen molar-refractivity contribution in [2.75, 3.05) is 13.2 Å². The molecule has 1 unspecified atom stereocenters. The minimum atomic E-state index is -0.827. The highest BCUT2D eigenvalue weighted by Crippen LogP contribution is 2.13. The first kappa shape index (κ1) is 71.8. The third-order valence-electron chi connectivity index (χ3n) is 12.2. The summed E-state index contributed by atoms with van der Waals surface area (Å²) in [6.45, 7) is 6.29. The van der Waals surface area contributed by atoms with Crippen LogP contribution in [0.4, 0.5) is 0 Å². The van der Waals surface area contributed by atoms with E-state index in [0.717, 1.165) is 154 Å². The molecule has 6 heteroatoms. The monoisotopic (exact) mass is 1060 g/mol. The second-order valence-corrected chi connectivity index (χ2v) is 19.5. The predicted molar refractivity (Wildman–Crippen MR) is 334 cm³/mol. The summed E-state index contributed by atoms with van der Waals surface area (Å²) in [6, 6.07) is 0. The molecule has 0 saturated carbocycles. The number of rotatable bonds is 53. The lowest BCUT2D eigenvalue weighted by Gasteiger charge is -2.18. The van der Waals surface area contributed by atoms with Gasteiger partial charge in [-0.1, -0.05) is 236 Å². The summed E-state index contributed by atoms with van der Waals surface area (Å²) in [4.78, 5) is 38.3. The third-order valence-corrected chi connectivity index (χ3v) is 12.2. The normalized spacial score (nSPS) is 13.3. The van der Waals surface area contributed by atoms with E-state index in [1.165, 1.54) is 38.5 Å². The molecule has 0 amide bonds. The maximum atomic E-state index is 12.9. The molecule has 0 aromatic rings. The summed E-state index contributed by atoms with van der Waals surface area (Å²) in [6.07, 6.45) is 93.5. The van der Waals surface area contributed by atoms with Crippen LogP contribution in [-0.4, -0.2) is 37.2 Å². The van der Waals surface area contributed by atoms with Crippen LogP contribution in [0, 0.1) is 0 Å². The van der Waals surface area contributed by atoms with Crippen LogP contribution in [0.3, 0.4) is 0 Å². The first-order valence-electron chi connectivity index (χ1n) is 30.6. The van der Waals surface area contributed by atoms with E-state index in [4.69, 9.17) is 14.2 Å². The van der Waals surface area contributed by atoms with E-state index in [2.05, 4.69) is 191 Å². The number of ether oxygens (including phenoxy) is 3. The maximum Gasteiger partial charge on any atom is 0.306 e. The molecule has 0 aliphatic carbocycles. The van der Waals surface area contributed by atoms with Gasteiger partial charge >= 0.3 is 17.9 Å². The van der Waals surface area contributed by atoms with Crippen molar-refractivity contribution in [2.45, 2.75) is 245 Å². The average molecular weight is 1060 g/mol. The van der Waals surface area contributed by atoms with Crippen LogP contribution in [0.15, 0.2) is 170 Å². The molecule has 0 rings (SSSR count). The highest BCUT2D eigenvalue weighted by atomic mass is 16.6. The molecule has 0 N–H and O–H groups in total. The van der Waals surface area contributed by atoms with E-state index in [-0.39, 0.29) is 44.0 Å². The van der Waals surface area contributed by atoms with Gasteiger partial charge in [0.15, 0.2) is 6.10 Å². The van der Waals surface area contributed by atoms with Crippen molar-refractivity contribution in [2.24, 2.45) is 0 Å². The van der Waals surface area contributed by atoms with Gasteiger partial charge in [-0.05, 0) is 154 Å². The molecule has 0 fully saturated rings. The van der Waals surface area contributed by atoms with Gasteiger partial charge < -0.3 is 14.2 Å². The zero-order chi connectivity index (χ0) is 55.7. The zero-order valence-electron chi connectivity index (χ0n) is 49.1. The quantitative estimate of drug-likeness (QED) is 0.0261. The van der Waals surface area contributed by atoms with Crippen molar-refractivity contribution < 1.29 is 28.6 Å². The number of hydrogen-bond acceptors (Lipinski definition) is 6. The van der Waals surface area contributed by atoms with Gasteiger partial charge in [-0.2, -0.15) is 0 Å². The van der Waals surface area contributed by atoms with Gasteiger partial charge in [-0.15, -0.1) is 0 Å². The Morgan fingerprint density at radius 3 is 0.831 bits per heavy atom. The fourth-order valence-electron chi connectivity index (χ4n) is 7.65. The first-order chi connectivity index (χ1) is 38.0. The van der Waals surface area contributed by atoms with E-state index < -0.39 is 6.10 Å². The van der Waals surface area contributed by atoms with E-state index in [1.807, 2.05) is 0 Å². The van der Waals surface area contributed by atoms with Crippen LogP contribution in [0.2, 0.25) is 0 Å². The van der Waals surface area contributed by atoms with Crippen LogP contribution < -0.4 is 0 Å². The Morgan fingerprint density at radius 1 is 0.273 bits per heavy atom. The van der Waals surface area contributed by atoms with Crippen LogP contribution >= 0.6 is 0 Å². The lowest BCUT2D eigenvalue weighted by atomic mass is 10.1. The second kappa shape index (κ2) is 63.3. The number of allylic oxidation sites excluding steroid dienone is 28. The highest BCUT2D eigenvalue weighted by molar-refractivity contribution is 5.71. The zero-order valence-corrected chi connectivity index (χ0v) is 49.1. The molecular formula is C71H110O6. The molecule has 0 aromatic heterocycles. The topological polar surface area (TPSA) is 78.9 Å². The van der Waals surface area contributed by atoms with E-state index >= 15 is 0 Å². The Kier molecular flexibility index (Phi) is 59.0. The Morgan fingerprint density at radius 2 is 0.506 bits per heavy atom. The predicted octanol–water partition coefficient (Wildman–Crippen LogP) is 21.1. The van der Waals surface area contributed by atoms with Crippen LogP contribution in [0.1, 0.15) is 239 Å². The highest BCUT2D eigenvalue weighted by Gasteiger charge is 2.19. The fraction of sp³-hybridized carbons (Fsp3) is 0.563.